The maximum atomic E-state index is 7.50. The number of rotatable bonds is 1. The van der Waals surface area contributed by atoms with Gasteiger partial charge in [0.15, 0.2) is 0 Å². The number of allylic oxidation sites excluding steroid dienone is 4. The molecule has 0 radical (unpaired) electrons. The molecule has 4 atom stereocenters. The van der Waals surface area contributed by atoms with Crippen molar-refractivity contribution in [2.45, 2.75) is 25.9 Å². The Balaban J connectivity index is -0.000000588. The van der Waals surface area contributed by atoms with Gasteiger partial charge < -0.3 is 0 Å². The van der Waals surface area contributed by atoms with Crippen LogP contribution in [0.15, 0.2) is 60.0 Å². The fraction of sp³-hybridized carbons (Fsp3) is 0.261. The molecule has 0 saturated carbocycles. The van der Waals surface area contributed by atoms with Gasteiger partial charge in [-0.25, -0.2) is 0 Å². The third kappa shape index (κ3) is 6.90. The van der Waals surface area contributed by atoms with E-state index in [1.165, 1.54) is 12.0 Å². The number of benzene rings is 1. The summed E-state index contributed by atoms with van der Waals surface area (Å²) in [7, 11) is -0.143. The molecule has 3 aliphatic heterocycles. The molecule has 1 aromatic carbocycles. The molecule has 152 valence electrons. The van der Waals surface area contributed by atoms with E-state index in [1.807, 2.05) is 0 Å². The quantitative estimate of drug-likeness (QED) is 0.186. The van der Waals surface area contributed by atoms with Crippen LogP contribution in [-0.4, -0.2) is 5.66 Å². The Hall–Kier alpha value is -1.74. The van der Waals surface area contributed by atoms with E-state index in [2.05, 4.69) is 101 Å². The Morgan fingerprint density at radius 2 is 1.40 bits per heavy atom. The summed E-state index contributed by atoms with van der Waals surface area (Å²) in [6.45, 7) is 27.3. The van der Waals surface area contributed by atoms with Crippen molar-refractivity contribution in [2.24, 2.45) is 11.3 Å². The van der Waals surface area contributed by atoms with Crippen molar-refractivity contribution in [1.29, 1.82) is 0 Å². The van der Waals surface area contributed by atoms with Gasteiger partial charge >= 0.3 is 56.5 Å². The molecule has 3 heterocycles. The van der Waals surface area contributed by atoms with E-state index < -0.39 is 0 Å². The van der Waals surface area contributed by atoms with Crippen molar-refractivity contribution in [3.8, 4) is 0 Å². The summed E-state index contributed by atoms with van der Waals surface area (Å²) >= 11 is 0. The Morgan fingerprint density at radius 1 is 0.900 bits per heavy atom. The normalized spacial score (nSPS) is 25.0. The van der Waals surface area contributed by atoms with Gasteiger partial charge in [-0.2, -0.15) is 0 Å². The molecule has 30 heavy (non-hydrogen) atoms. The van der Waals surface area contributed by atoms with E-state index in [4.69, 9.17) is 23.3 Å². The van der Waals surface area contributed by atoms with Gasteiger partial charge in [0.05, 0.1) is 0 Å². The monoisotopic (exact) mass is 590 g/mol. The molecule has 0 saturated heterocycles. The van der Waals surface area contributed by atoms with Crippen molar-refractivity contribution in [3.63, 3.8) is 0 Å². The summed E-state index contributed by atoms with van der Waals surface area (Å²) in [6.07, 6.45) is 8.77. The van der Waals surface area contributed by atoms with Crippen molar-refractivity contribution in [3.05, 3.63) is 98.8 Å². The first-order chi connectivity index (χ1) is 14.2. The van der Waals surface area contributed by atoms with E-state index in [0.29, 0.717) is 0 Å². The predicted molar refractivity (Wildman–Crippen MR) is 104 cm³/mol. The number of hydrogen-bond acceptors (Lipinski definition) is 0. The Labute approximate surface area is 193 Å². The van der Waals surface area contributed by atoms with Crippen molar-refractivity contribution >= 4 is 13.2 Å². The molecule has 4 aliphatic rings. The molecular weight excluding hydrogens is 571 g/mol. The summed E-state index contributed by atoms with van der Waals surface area (Å²) < 4.78 is 37.5. The Morgan fingerprint density at radius 3 is 1.90 bits per heavy atom. The van der Waals surface area contributed by atoms with Crippen LogP contribution in [0.5, 0.6) is 0 Å². The minimum absolute atomic E-state index is 0. The molecule has 1 aliphatic carbocycles. The molecule has 0 fully saturated rings. The largest absolute Gasteiger partial charge is 0 e. The predicted octanol–water partition coefficient (Wildman–Crippen LogP) is 5.20. The second kappa shape index (κ2) is 18.1. The summed E-state index contributed by atoms with van der Waals surface area (Å²) in [5.41, 5.74) is 4.09. The van der Waals surface area contributed by atoms with Gasteiger partial charge in [0.2, 0.25) is 0 Å². The second-order valence-corrected chi connectivity index (χ2v) is 8.31. The molecule has 4 unspecified atom stereocenters. The van der Waals surface area contributed by atoms with E-state index in [9.17, 15) is 0 Å². The minimum atomic E-state index is -0.143. The SMILES string of the molecule is CC1=CP2C(c3ccccc3)=CC1(C)C1CC=CC12.[C-]#[O+].[C-]#[O+].[C-]#[O+].[C-]#[O+].[C-]#[O+].[W]. The summed E-state index contributed by atoms with van der Waals surface area (Å²) in [5, 5.41) is 1.61. The van der Waals surface area contributed by atoms with Crippen LogP contribution in [0.1, 0.15) is 25.8 Å². The van der Waals surface area contributed by atoms with E-state index in [0.717, 1.165) is 11.6 Å². The van der Waals surface area contributed by atoms with Crippen LogP contribution in [0.4, 0.5) is 0 Å². The zero-order valence-electron chi connectivity index (χ0n) is 16.5. The topological polar surface area (TPSA) is 99.5 Å². The first-order valence-corrected chi connectivity index (χ1v) is 9.62. The number of hydrogen-bond donors (Lipinski definition) is 0. The molecule has 1 aromatic rings. The molecule has 7 heteroatoms. The molecule has 5 nitrogen and oxygen atoms in total. The van der Waals surface area contributed by atoms with Gasteiger partial charge in [-0.15, -0.1) is 0 Å². The third-order valence-corrected chi connectivity index (χ3v) is 7.98. The van der Waals surface area contributed by atoms with Gasteiger partial charge in [0.25, 0.3) is 0 Å². The van der Waals surface area contributed by atoms with Crippen LogP contribution >= 0.6 is 7.92 Å². The van der Waals surface area contributed by atoms with E-state index >= 15 is 0 Å². The van der Waals surface area contributed by atoms with E-state index in [-0.39, 0.29) is 34.4 Å². The molecule has 0 spiro atoms. The van der Waals surface area contributed by atoms with Gasteiger partial charge in [-0.1, -0.05) is 66.9 Å². The Kier molecular flexibility index (Phi) is 19.8. The van der Waals surface area contributed by atoms with Crippen LogP contribution in [0.25, 0.3) is 5.31 Å². The van der Waals surface area contributed by atoms with Crippen LogP contribution < -0.4 is 0 Å². The summed E-state index contributed by atoms with van der Waals surface area (Å²) in [6, 6.07) is 11.0. The molecule has 2 bridgehead atoms. The maximum Gasteiger partial charge on any atom is 0 e. The second-order valence-electron chi connectivity index (χ2n) is 6.16. The smallest absolute Gasteiger partial charge is 0 e. The van der Waals surface area contributed by atoms with Crippen LogP contribution in [0, 0.1) is 44.6 Å². The van der Waals surface area contributed by atoms with Crippen LogP contribution in [-0.2, 0) is 44.3 Å². The summed E-state index contributed by atoms with van der Waals surface area (Å²) in [5.74, 6) is 3.41. The fourth-order valence-corrected chi connectivity index (χ4v) is 7.22. The van der Waals surface area contributed by atoms with Crippen LogP contribution in [0.3, 0.4) is 0 Å². The standard InChI is InChI=1S/C18H19P.5CO.W/c1-13-12-19-16-10-6-9-15(16)18(13,2)11-17(19)14-7-4-3-5-8-14;5*1-2;/h3-8,10-12,15-16H,9H2,1-2H3;;;;;;. The average Bonchev–Trinajstić information content (AvgIpc) is 3.34. The van der Waals surface area contributed by atoms with E-state index in [1.54, 1.807) is 10.9 Å². The minimum Gasteiger partial charge on any atom is 0 e. The molecular formula is C23H19O5PW. The van der Waals surface area contributed by atoms with Gasteiger partial charge in [0.1, 0.15) is 0 Å². The first-order valence-electron chi connectivity index (χ1n) is 8.14. The fourth-order valence-electron chi connectivity index (χ4n) is 3.90. The van der Waals surface area contributed by atoms with Crippen LogP contribution in [0.2, 0.25) is 0 Å². The van der Waals surface area contributed by atoms with Gasteiger partial charge in [-0.05, 0) is 38.1 Å². The van der Waals surface area contributed by atoms with Crippen molar-refractivity contribution in [1.82, 2.24) is 0 Å². The first kappa shape index (κ1) is 32.9. The zero-order valence-corrected chi connectivity index (χ0v) is 20.3. The Bertz CT molecular complexity index is 798. The van der Waals surface area contributed by atoms with Crippen molar-refractivity contribution < 1.29 is 44.3 Å². The maximum absolute atomic E-state index is 7.50. The zero-order chi connectivity index (χ0) is 23.0. The average molecular weight is 590 g/mol. The molecule has 0 N–H and O–H groups in total. The summed E-state index contributed by atoms with van der Waals surface area (Å²) in [4.78, 5) is 0. The van der Waals surface area contributed by atoms with Gasteiger partial charge in [-0.3, -0.25) is 0 Å². The molecule has 5 rings (SSSR count). The van der Waals surface area contributed by atoms with Gasteiger partial charge in [0, 0.05) is 32.1 Å². The van der Waals surface area contributed by atoms with Crippen molar-refractivity contribution in [2.75, 3.05) is 0 Å². The third-order valence-electron chi connectivity index (χ3n) is 5.19. The molecule has 0 aromatic heterocycles. The molecule has 0 amide bonds.